The standard InChI is InChI=1S/C24H27FN2O2/c1-24(2,3)29-23(28)13-15-27(17-18-8-10-20(25)11-9-18)14-12-19-16-26-22-7-5-4-6-21(19)22/h4-11,13,15-16,26H,12,14,17H2,1-3H3/b15-13+. The molecule has 5 heteroatoms. The molecule has 0 unspecified atom stereocenters. The lowest BCUT2D eigenvalue weighted by Gasteiger charge is -2.21. The summed E-state index contributed by atoms with van der Waals surface area (Å²) < 4.78 is 18.6. The summed E-state index contributed by atoms with van der Waals surface area (Å²) in [5, 5.41) is 1.20. The topological polar surface area (TPSA) is 45.3 Å². The number of hydrogen-bond acceptors (Lipinski definition) is 3. The number of nitrogens with zero attached hydrogens (tertiary/aromatic N) is 1. The van der Waals surface area contributed by atoms with Crippen LogP contribution in [-0.4, -0.2) is 28.0 Å². The molecule has 2 aromatic carbocycles. The number of para-hydroxylation sites is 1. The van der Waals surface area contributed by atoms with Crippen LogP contribution in [0.3, 0.4) is 0 Å². The first-order valence-corrected chi connectivity index (χ1v) is 9.75. The number of benzene rings is 2. The van der Waals surface area contributed by atoms with Crippen LogP contribution < -0.4 is 0 Å². The molecule has 152 valence electrons. The molecular formula is C24H27FN2O2. The van der Waals surface area contributed by atoms with Gasteiger partial charge in [-0.25, -0.2) is 9.18 Å². The SMILES string of the molecule is CC(C)(C)OC(=O)/C=C/N(CCc1c[nH]c2ccccc12)Cc1ccc(F)cc1. The van der Waals surface area contributed by atoms with E-state index in [9.17, 15) is 9.18 Å². The molecule has 3 rings (SSSR count). The van der Waals surface area contributed by atoms with Crippen LogP contribution in [-0.2, 0) is 22.5 Å². The lowest BCUT2D eigenvalue weighted by molar-refractivity contribution is -0.148. The van der Waals surface area contributed by atoms with Gasteiger partial charge in [-0.2, -0.15) is 0 Å². The highest BCUT2D eigenvalue weighted by atomic mass is 19.1. The molecule has 3 aromatic rings. The Morgan fingerprint density at radius 3 is 2.59 bits per heavy atom. The number of halogens is 1. The second kappa shape index (κ2) is 8.95. The number of ether oxygens (including phenoxy) is 1. The van der Waals surface area contributed by atoms with Gasteiger partial charge in [-0.1, -0.05) is 30.3 Å². The van der Waals surface area contributed by atoms with Crippen molar-refractivity contribution in [3.05, 3.63) is 83.9 Å². The van der Waals surface area contributed by atoms with Gasteiger partial charge in [0.05, 0.1) is 0 Å². The van der Waals surface area contributed by atoms with Gasteiger partial charge in [0.25, 0.3) is 0 Å². The fourth-order valence-corrected chi connectivity index (χ4v) is 3.14. The molecule has 0 atom stereocenters. The summed E-state index contributed by atoms with van der Waals surface area (Å²) in [5.41, 5.74) is 2.76. The van der Waals surface area contributed by atoms with Crippen LogP contribution in [0, 0.1) is 5.82 Å². The third-order valence-corrected chi connectivity index (χ3v) is 4.47. The van der Waals surface area contributed by atoms with Crippen molar-refractivity contribution in [2.24, 2.45) is 0 Å². The Labute approximate surface area is 171 Å². The van der Waals surface area contributed by atoms with Gasteiger partial charge in [0.15, 0.2) is 0 Å². The lowest BCUT2D eigenvalue weighted by Crippen LogP contribution is -2.24. The van der Waals surface area contributed by atoms with E-state index in [1.165, 1.54) is 29.2 Å². The van der Waals surface area contributed by atoms with E-state index in [-0.39, 0.29) is 11.8 Å². The third kappa shape index (κ3) is 6.21. The summed E-state index contributed by atoms with van der Waals surface area (Å²) in [6.07, 6.45) is 6.04. The van der Waals surface area contributed by atoms with E-state index in [1.807, 2.05) is 44.0 Å². The van der Waals surface area contributed by atoms with Gasteiger partial charge in [-0.3, -0.25) is 0 Å². The van der Waals surface area contributed by atoms with Crippen molar-refractivity contribution >= 4 is 16.9 Å². The number of fused-ring (bicyclic) bond motifs is 1. The van der Waals surface area contributed by atoms with Gasteiger partial charge in [-0.15, -0.1) is 0 Å². The highest BCUT2D eigenvalue weighted by molar-refractivity contribution is 5.83. The smallest absolute Gasteiger partial charge is 0.332 e. The van der Waals surface area contributed by atoms with Crippen molar-refractivity contribution in [3.63, 3.8) is 0 Å². The normalized spacial score (nSPS) is 11.9. The van der Waals surface area contributed by atoms with Crippen molar-refractivity contribution in [2.45, 2.75) is 39.3 Å². The van der Waals surface area contributed by atoms with Gasteiger partial charge >= 0.3 is 5.97 Å². The summed E-state index contributed by atoms with van der Waals surface area (Å²) in [6.45, 7) is 6.80. The Morgan fingerprint density at radius 1 is 1.14 bits per heavy atom. The van der Waals surface area contributed by atoms with E-state index in [0.717, 1.165) is 17.5 Å². The summed E-state index contributed by atoms with van der Waals surface area (Å²) >= 11 is 0. The number of hydrogen-bond donors (Lipinski definition) is 1. The van der Waals surface area contributed by atoms with Gasteiger partial charge in [-0.05, 0) is 56.5 Å². The maximum absolute atomic E-state index is 13.2. The first-order valence-electron chi connectivity index (χ1n) is 9.75. The molecule has 0 amide bonds. The fourth-order valence-electron chi connectivity index (χ4n) is 3.14. The minimum absolute atomic E-state index is 0.261. The molecule has 1 aromatic heterocycles. The van der Waals surface area contributed by atoms with E-state index in [0.29, 0.717) is 13.1 Å². The van der Waals surface area contributed by atoms with Crippen molar-refractivity contribution < 1.29 is 13.9 Å². The average Bonchev–Trinajstić information content (AvgIpc) is 3.07. The Hall–Kier alpha value is -3.08. The molecule has 0 saturated heterocycles. The zero-order valence-corrected chi connectivity index (χ0v) is 17.1. The molecule has 1 N–H and O–H groups in total. The summed E-state index contributed by atoms with van der Waals surface area (Å²) in [7, 11) is 0. The van der Waals surface area contributed by atoms with E-state index in [4.69, 9.17) is 4.74 Å². The molecule has 0 aliphatic rings. The van der Waals surface area contributed by atoms with Crippen LogP contribution in [0.4, 0.5) is 4.39 Å². The summed E-state index contributed by atoms with van der Waals surface area (Å²) in [6, 6.07) is 14.6. The number of H-pyrrole nitrogens is 1. The first kappa shape index (κ1) is 20.6. The van der Waals surface area contributed by atoms with Gasteiger partial charge < -0.3 is 14.6 Å². The summed E-state index contributed by atoms with van der Waals surface area (Å²) in [5.74, 6) is -0.642. The Balaban J connectivity index is 1.72. The third-order valence-electron chi connectivity index (χ3n) is 4.47. The highest BCUT2D eigenvalue weighted by Crippen LogP contribution is 2.19. The number of carbonyl (C=O) groups is 1. The zero-order valence-electron chi connectivity index (χ0n) is 17.1. The van der Waals surface area contributed by atoms with Crippen molar-refractivity contribution in [3.8, 4) is 0 Å². The van der Waals surface area contributed by atoms with E-state index >= 15 is 0 Å². The largest absolute Gasteiger partial charge is 0.457 e. The second-order valence-electron chi connectivity index (χ2n) is 8.06. The van der Waals surface area contributed by atoms with Crippen LogP contribution in [0.1, 0.15) is 31.9 Å². The lowest BCUT2D eigenvalue weighted by atomic mass is 10.1. The molecule has 1 heterocycles. The molecule has 0 radical (unpaired) electrons. The molecular weight excluding hydrogens is 367 g/mol. The predicted molar refractivity (Wildman–Crippen MR) is 114 cm³/mol. The van der Waals surface area contributed by atoms with E-state index in [1.54, 1.807) is 18.3 Å². The molecule has 0 fully saturated rings. The molecule has 0 spiro atoms. The number of rotatable bonds is 7. The number of aromatic nitrogens is 1. The van der Waals surface area contributed by atoms with Gasteiger partial charge in [0.1, 0.15) is 11.4 Å². The molecule has 29 heavy (non-hydrogen) atoms. The van der Waals surface area contributed by atoms with Gasteiger partial charge in [0, 0.05) is 42.5 Å². The quantitative estimate of drug-likeness (QED) is 0.442. The molecule has 4 nitrogen and oxygen atoms in total. The molecule has 0 aliphatic carbocycles. The Bertz CT molecular complexity index is 984. The zero-order chi connectivity index (χ0) is 20.9. The monoisotopic (exact) mass is 394 g/mol. The van der Waals surface area contributed by atoms with Crippen molar-refractivity contribution in [1.29, 1.82) is 0 Å². The molecule has 0 bridgehead atoms. The fraction of sp³-hybridized carbons (Fsp3) is 0.292. The van der Waals surface area contributed by atoms with Crippen molar-refractivity contribution in [2.75, 3.05) is 6.54 Å². The van der Waals surface area contributed by atoms with E-state index in [2.05, 4.69) is 17.1 Å². The maximum Gasteiger partial charge on any atom is 0.332 e. The van der Waals surface area contributed by atoms with E-state index < -0.39 is 5.60 Å². The van der Waals surface area contributed by atoms with Crippen LogP contribution in [0.15, 0.2) is 67.0 Å². The first-order chi connectivity index (χ1) is 13.8. The van der Waals surface area contributed by atoms with Crippen LogP contribution in [0.5, 0.6) is 0 Å². The van der Waals surface area contributed by atoms with Crippen LogP contribution in [0.25, 0.3) is 10.9 Å². The summed E-state index contributed by atoms with van der Waals surface area (Å²) in [4.78, 5) is 17.4. The average molecular weight is 394 g/mol. The van der Waals surface area contributed by atoms with Gasteiger partial charge in [0.2, 0.25) is 0 Å². The number of nitrogens with one attached hydrogen (secondary N) is 1. The second-order valence-corrected chi connectivity index (χ2v) is 8.06. The predicted octanol–water partition coefficient (Wildman–Crippen LogP) is 5.21. The highest BCUT2D eigenvalue weighted by Gasteiger charge is 2.14. The minimum atomic E-state index is -0.534. The number of aromatic amines is 1. The number of esters is 1. The minimum Gasteiger partial charge on any atom is -0.457 e. The Kier molecular flexibility index (Phi) is 6.37. The van der Waals surface area contributed by atoms with Crippen LogP contribution in [0.2, 0.25) is 0 Å². The number of carbonyl (C=O) groups excluding carboxylic acids is 1. The van der Waals surface area contributed by atoms with Crippen LogP contribution >= 0.6 is 0 Å². The molecule has 0 aliphatic heterocycles. The van der Waals surface area contributed by atoms with Crippen molar-refractivity contribution in [1.82, 2.24) is 9.88 Å². The Morgan fingerprint density at radius 2 is 1.86 bits per heavy atom. The maximum atomic E-state index is 13.2. The molecule has 0 saturated carbocycles.